The van der Waals surface area contributed by atoms with Gasteiger partial charge in [0.05, 0.1) is 6.54 Å². The summed E-state index contributed by atoms with van der Waals surface area (Å²) >= 11 is 0. The maximum atomic E-state index is 5.93. The Bertz CT molecular complexity index is 378. The van der Waals surface area contributed by atoms with Crippen LogP contribution in [0.25, 0.3) is 0 Å². The summed E-state index contributed by atoms with van der Waals surface area (Å²) in [5.74, 6) is 1.45. The number of hydrogen-bond donors (Lipinski definition) is 2. The molecule has 0 saturated heterocycles. The van der Waals surface area contributed by atoms with Gasteiger partial charge in [0.2, 0.25) is 0 Å². The Kier molecular flexibility index (Phi) is 4.62. The number of nitrogens with zero attached hydrogens (tertiary/aromatic N) is 1. The third kappa shape index (κ3) is 4.06. The van der Waals surface area contributed by atoms with Gasteiger partial charge in [-0.25, -0.2) is 4.99 Å². The molecule has 0 atom stereocenters. The molecule has 0 amide bonds. The molecule has 1 aromatic carbocycles. The molecule has 1 aliphatic rings. The summed E-state index contributed by atoms with van der Waals surface area (Å²) in [6.45, 7) is 2.98. The molecule has 3 heteroatoms. The predicted octanol–water partition coefficient (Wildman–Crippen LogP) is 2.67. The second-order valence-corrected chi connectivity index (χ2v) is 5.29. The first-order valence-corrected chi connectivity index (χ1v) is 6.84. The number of aliphatic imine (C=N–C) groups is 1. The number of benzene rings is 1. The van der Waals surface area contributed by atoms with Crippen LogP contribution in [0.5, 0.6) is 0 Å². The normalized spacial score (nSPS) is 24.8. The Morgan fingerprint density at radius 3 is 2.56 bits per heavy atom. The van der Waals surface area contributed by atoms with E-state index in [9.17, 15) is 0 Å². The van der Waals surface area contributed by atoms with Crippen LogP contribution in [-0.2, 0) is 6.54 Å². The number of nitrogens with two attached hydrogens (primary N) is 1. The Labute approximate surface area is 109 Å². The lowest BCUT2D eigenvalue weighted by Crippen LogP contribution is -2.41. The summed E-state index contributed by atoms with van der Waals surface area (Å²) in [5, 5.41) is 3.34. The van der Waals surface area contributed by atoms with Crippen molar-refractivity contribution in [2.45, 2.75) is 45.2 Å². The van der Waals surface area contributed by atoms with E-state index in [0.29, 0.717) is 18.5 Å². The molecule has 98 valence electrons. The van der Waals surface area contributed by atoms with E-state index >= 15 is 0 Å². The Balaban J connectivity index is 1.79. The Morgan fingerprint density at radius 2 is 1.89 bits per heavy atom. The lowest BCUT2D eigenvalue weighted by molar-refractivity contribution is 0.330. The van der Waals surface area contributed by atoms with Crippen LogP contribution in [-0.4, -0.2) is 12.0 Å². The van der Waals surface area contributed by atoms with E-state index in [2.05, 4.69) is 29.4 Å². The van der Waals surface area contributed by atoms with Crippen LogP contribution >= 0.6 is 0 Å². The van der Waals surface area contributed by atoms with Gasteiger partial charge < -0.3 is 11.1 Å². The zero-order valence-corrected chi connectivity index (χ0v) is 11.1. The van der Waals surface area contributed by atoms with Crippen molar-refractivity contribution in [2.75, 3.05) is 0 Å². The van der Waals surface area contributed by atoms with Crippen LogP contribution in [0.4, 0.5) is 0 Å². The molecule has 3 N–H and O–H groups in total. The van der Waals surface area contributed by atoms with Crippen LogP contribution in [0, 0.1) is 5.92 Å². The van der Waals surface area contributed by atoms with Crippen LogP contribution in [0.1, 0.15) is 38.2 Å². The van der Waals surface area contributed by atoms with Crippen LogP contribution in [0.3, 0.4) is 0 Å². The van der Waals surface area contributed by atoms with Crippen molar-refractivity contribution in [1.82, 2.24) is 5.32 Å². The molecule has 3 nitrogen and oxygen atoms in total. The molecule has 1 aromatic rings. The van der Waals surface area contributed by atoms with Gasteiger partial charge in [0.1, 0.15) is 0 Å². The minimum Gasteiger partial charge on any atom is -0.370 e. The van der Waals surface area contributed by atoms with Gasteiger partial charge in [0.15, 0.2) is 5.96 Å². The van der Waals surface area contributed by atoms with Crippen LogP contribution in [0.15, 0.2) is 35.3 Å². The molecule has 0 spiro atoms. The molecule has 1 fully saturated rings. The van der Waals surface area contributed by atoms with Crippen molar-refractivity contribution in [1.29, 1.82) is 0 Å². The molecular formula is C15H23N3. The average Bonchev–Trinajstić information content (AvgIpc) is 2.40. The molecule has 0 heterocycles. The highest BCUT2D eigenvalue weighted by Gasteiger charge is 2.17. The largest absolute Gasteiger partial charge is 0.370 e. The first-order chi connectivity index (χ1) is 8.74. The fourth-order valence-electron chi connectivity index (χ4n) is 2.42. The van der Waals surface area contributed by atoms with Gasteiger partial charge in [-0.1, -0.05) is 37.3 Å². The number of nitrogens with one attached hydrogen (secondary N) is 1. The lowest BCUT2D eigenvalue weighted by Gasteiger charge is -2.27. The molecule has 2 rings (SSSR count). The van der Waals surface area contributed by atoms with Crippen molar-refractivity contribution in [3.63, 3.8) is 0 Å². The molecule has 1 aliphatic carbocycles. The molecule has 0 aliphatic heterocycles. The molecule has 0 aromatic heterocycles. The van der Waals surface area contributed by atoms with E-state index in [4.69, 9.17) is 5.73 Å². The lowest BCUT2D eigenvalue weighted by atomic mass is 9.87. The quantitative estimate of drug-likeness (QED) is 0.635. The summed E-state index contributed by atoms with van der Waals surface area (Å²) in [6.07, 6.45) is 5.01. The van der Waals surface area contributed by atoms with Crippen molar-refractivity contribution in [3.05, 3.63) is 35.9 Å². The van der Waals surface area contributed by atoms with Crippen LogP contribution < -0.4 is 11.1 Å². The van der Waals surface area contributed by atoms with Crippen molar-refractivity contribution < 1.29 is 0 Å². The maximum Gasteiger partial charge on any atom is 0.189 e. The second-order valence-electron chi connectivity index (χ2n) is 5.29. The summed E-state index contributed by atoms with van der Waals surface area (Å²) in [4.78, 5) is 4.39. The Hall–Kier alpha value is -1.51. The van der Waals surface area contributed by atoms with Gasteiger partial charge in [-0.2, -0.15) is 0 Å². The van der Waals surface area contributed by atoms with Gasteiger partial charge in [0.25, 0.3) is 0 Å². The van der Waals surface area contributed by atoms with Crippen molar-refractivity contribution in [3.8, 4) is 0 Å². The molecule has 0 radical (unpaired) electrons. The minimum absolute atomic E-state index is 0.515. The van der Waals surface area contributed by atoms with Crippen LogP contribution in [0.2, 0.25) is 0 Å². The topological polar surface area (TPSA) is 50.4 Å². The highest BCUT2D eigenvalue weighted by atomic mass is 15.1. The SMILES string of the molecule is CC1CCC(NC(N)=NCc2ccccc2)CC1. The zero-order valence-electron chi connectivity index (χ0n) is 11.1. The van der Waals surface area contributed by atoms with E-state index < -0.39 is 0 Å². The van der Waals surface area contributed by atoms with Gasteiger partial charge in [-0.15, -0.1) is 0 Å². The molecule has 18 heavy (non-hydrogen) atoms. The smallest absolute Gasteiger partial charge is 0.189 e. The van der Waals surface area contributed by atoms with Gasteiger partial charge >= 0.3 is 0 Å². The average molecular weight is 245 g/mol. The second kappa shape index (κ2) is 6.43. The first-order valence-electron chi connectivity index (χ1n) is 6.84. The summed E-state index contributed by atoms with van der Waals surface area (Å²) in [7, 11) is 0. The van der Waals surface area contributed by atoms with Crippen molar-refractivity contribution >= 4 is 5.96 Å². The third-order valence-corrected chi connectivity index (χ3v) is 3.64. The molecule has 1 saturated carbocycles. The van der Waals surface area contributed by atoms with Gasteiger partial charge in [-0.05, 0) is 37.2 Å². The van der Waals surface area contributed by atoms with Crippen molar-refractivity contribution in [2.24, 2.45) is 16.6 Å². The van der Waals surface area contributed by atoms with E-state index in [-0.39, 0.29) is 0 Å². The van der Waals surface area contributed by atoms with Gasteiger partial charge in [-0.3, -0.25) is 0 Å². The summed E-state index contributed by atoms with van der Waals surface area (Å²) in [5.41, 5.74) is 7.12. The first kappa shape index (κ1) is 12.9. The molecule has 0 bridgehead atoms. The highest BCUT2D eigenvalue weighted by molar-refractivity contribution is 5.78. The summed E-state index contributed by atoms with van der Waals surface area (Å²) in [6, 6.07) is 10.7. The fraction of sp³-hybridized carbons (Fsp3) is 0.533. The summed E-state index contributed by atoms with van der Waals surface area (Å²) < 4.78 is 0. The zero-order chi connectivity index (χ0) is 12.8. The fourth-order valence-corrected chi connectivity index (χ4v) is 2.42. The minimum atomic E-state index is 0.515. The number of hydrogen-bond acceptors (Lipinski definition) is 1. The van der Waals surface area contributed by atoms with E-state index in [1.807, 2.05) is 18.2 Å². The molecular weight excluding hydrogens is 222 g/mol. The van der Waals surface area contributed by atoms with E-state index in [1.165, 1.54) is 31.2 Å². The Morgan fingerprint density at radius 1 is 1.22 bits per heavy atom. The highest BCUT2D eigenvalue weighted by Crippen LogP contribution is 2.23. The number of rotatable bonds is 3. The van der Waals surface area contributed by atoms with E-state index in [1.54, 1.807) is 0 Å². The standard InChI is InChI=1S/C15H23N3/c1-12-7-9-14(10-8-12)18-15(16)17-11-13-5-3-2-4-6-13/h2-6,12,14H,7-11H2,1H3,(H3,16,17,18). The molecule has 0 unspecified atom stereocenters. The maximum absolute atomic E-state index is 5.93. The predicted molar refractivity (Wildman–Crippen MR) is 76.3 cm³/mol. The monoisotopic (exact) mass is 245 g/mol. The van der Waals surface area contributed by atoms with Gasteiger partial charge in [0, 0.05) is 6.04 Å². The third-order valence-electron chi connectivity index (χ3n) is 3.64. The van der Waals surface area contributed by atoms with E-state index in [0.717, 1.165) is 5.92 Å². The number of guanidine groups is 1.